The van der Waals surface area contributed by atoms with Gasteiger partial charge < -0.3 is 74.2 Å². The molecule has 5 aliphatic heterocycles. The van der Waals surface area contributed by atoms with Crippen LogP contribution in [0.5, 0.6) is 0 Å². The molecule has 7 N–H and O–H groups in total. The zero-order valence-electron chi connectivity index (χ0n) is 48.5. The number of nitrogens with zero attached hydrogens (tertiary/aromatic N) is 3. The number of benzene rings is 1. The Labute approximate surface area is 457 Å². The van der Waals surface area contributed by atoms with Gasteiger partial charge in [0.1, 0.15) is 42.8 Å². The van der Waals surface area contributed by atoms with Crippen molar-refractivity contribution in [3.63, 3.8) is 0 Å². The van der Waals surface area contributed by atoms with Crippen LogP contribution in [0.15, 0.2) is 30.3 Å². The van der Waals surface area contributed by atoms with E-state index >= 15 is 0 Å². The number of hydrogen-bond donors (Lipinski definition) is 7. The molecule has 440 valence electrons. The lowest BCUT2D eigenvalue weighted by Crippen LogP contribution is -2.61. The molecule has 1 aromatic rings. The first-order valence-corrected chi connectivity index (χ1v) is 28.4. The number of methoxy groups -OCH3 is 1. The molecule has 77 heavy (non-hydrogen) atoms. The summed E-state index contributed by atoms with van der Waals surface area (Å²) in [5.41, 5.74) is -1.81. The van der Waals surface area contributed by atoms with Gasteiger partial charge in [-0.05, 0) is 131 Å². The summed E-state index contributed by atoms with van der Waals surface area (Å²) in [4.78, 5) is 34.2. The molecule has 18 nitrogen and oxygen atoms in total. The highest BCUT2D eigenvalue weighted by molar-refractivity contribution is 5.76. The molecule has 1 amide bonds. The molecule has 6 rings (SSSR count). The first-order valence-electron chi connectivity index (χ1n) is 28.4. The molecule has 5 heterocycles. The lowest BCUT2D eigenvalue weighted by Gasteiger charge is -2.49. The van der Waals surface area contributed by atoms with E-state index in [0.717, 1.165) is 18.4 Å². The predicted octanol–water partition coefficient (Wildman–Crippen LogP) is 4.49. The number of ether oxygens (including phenoxy) is 6. The summed E-state index contributed by atoms with van der Waals surface area (Å²) in [6.07, 6.45) is -4.55. The molecule has 4 fully saturated rings. The van der Waals surface area contributed by atoms with Gasteiger partial charge in [0.05, 0.1) is 47.6 Å². The lowest BCUT2D eigenvalue weighted by atomic mass is 9.77. The summed E-state index contributed by atoms with van der Waals surface area (Å²) < 4.78 is 52.8. The van der Waals surface area contributed by atoms with Crippen molar-refractivity contribution in [2.24, 2.45) is 17.8 Å². The number of esters is 1. The third-order valence-electron chi connectivity index (χ3n) is 18.3. The molecule has 0 aliphatic carbocycles. The van der Waals surface area contributed by atoms with Crippen LogP contribution >= 0.6 is 0 Å². The van der Waals surface area contributed by atoms with E-state index < -0.39 is 133 Å². The summed E-state index contributed by atoms with van der Waals surface area (Å²) in [5, 5.41) is 73.8. The Morgan fingerprint density at radius 2 is 1.65 bits per heavy atom. The van der Waals surface area contributed by atoms with Gasteiger partial charge in [0.15, 0.2) is 12.6 Å². The van der Waals surface area contributed by atoms with Crippen molar-refractivity contribution in [3.8, 4) is 0 Å². The molecule has 0 saturated carbocycles. The molecule has 2 bridgehead atoms. The summed E-state index contributed by atoms with van der Waals surface area (Å²) in [5.74, 6) is -3.46. The number of rotatable bonds is 15. The molecule has 4 saturated heterocycles. The molecule has 1 aromatic carbocycles. The van der Waals surface area contributed by atoms with Crippen LogP contribution < -0.4 is 5.32 Å². The van der Waals surface area contributed by atoms with E-state index in [0.29, 0.717) is 30.6 Å². The molecular weight excluding hydrogens is 996 g/mol. The van der Waals surface area contributed by atoms with Crippen molar-refractivity contribution in [2.75, 3.05) is 48.0 Å². The van der Waals surface area contributed by atoms with E-state index in [2.05, 4.69) is 23.3 Å². The fraction of sp³-hybridized carbons (Fsp3) is 0.828. The minimum atomic E-state index is -1.87. The number of aliphatic hydroxyl groups is 6. The van der Waals surface area contributed by atoms with Crippen molar-refractivity contribution in [1.29, 1.82) is 0 Å². The maximum absolute atomic E-state index is 14.6. The number of alkyl halides is 1. The Balaban J connectivity index is 1.21. The Hall–Kier alpha value is -2.73. The highest BCUT2D eigenvalue weighted by atomic mass is 19.1. The van der Waals surface area contributed by atoms with Crippen LogP contribution in [0, 0.1) is 17.8 Å². The molecule has 0 spiro atoms. The van der Waals surface area contributed by atoms with Gasteiger partial charge in [-0.25, -0.2) is 4.39 Å². The predicted molar refractivity (Wildman–Crippen MR) is 289 cm³/mol. The Bertz CT molecular complexity index is 2100. The molecule has 22 atom stereocenters. The number of cyclic esters (lactones) is 1. The molecule has 0 radical (unpaired) electrons. The summed E-state index contributed by atoms with van der Waals surface area (Å²) in [7, 11) is 7.25. The fourth-order valence-corrected chi connectivity index (χ4v) is 13.2. The van der Waals surface area contributed by atoms with Crippen molar-refractivity contribution < 1.29 is 73.0 Å². The zero-order valence-corrected chi connectivity index (χ0v) is 48.5. The number of halogens is 1. The lowest BCUT2D eigenvalue weighted by molar-refractivity contribution is -0.318. The number of likely N-dealkylation sites (N-methyl/N-ethyl adjacent to an activating group) is 3. The Kier molecular flexibility index (Phi) is 21.8. The number of nitrogens with one attached hydrogen (secondary N) is 1. The van der Waals surface area contributed by atoms with Gasteiger partial charge in [-0.15, -0.1) is 0 Å². The topological polar surface area (TPSA) is 233 Å². The number of fused-ring (bicyclic) bond motifs is 2. The van der Waals surface area contributed by atoms with Crippen molar-refractivity contribution in [2.45, 2.75) is 242 Å². The van der Waals surface area contributed by atoms with Gasteiger partial charge in [0.2, 0.25) is 5.91 Å². The molecule has 5 unspecified atom stereocenters. The largest absolute Gasteiger partial charge is 0.459 e. The van der Waals surface area contributed by atoms with E-state index in [9.17, 15) is 44.6 Å². The molecular formula is C58H97FN4O14. The highest BCUT2D eigenvalue weighted by Crippen LogP contribution is 2.41. The highest BCUT2D eigenvalue weighted by Gasteiger charge is 2.53. The summed E-state index contributed by atoms with van der Waals surface area (Å²) in [6, 6.07) is 6.02. The normalized spacial score (nSPS) is 42.1. The second kappa shape index (κ2) is 26.5. The maximum Gasteiger partial charge on any atom is 0.311 e. The Morgan fingerprint density at radius 1 is 0.974 bits per heavy atom. The second-order valence-corrected chi connectivity index (χ2v) is 24.5. The van der Waals surface area contributed by atoms with Crippen molar-refractivity contribution in [3.05, 3.63) is 41.5 Å². The molecule has 19 heteroatoms. The molecule has 5 aliphatic rings. The van der Waals surface area contributed by atoms with Crippen LogP contribution in [0.25, 0.3) is 5.57 Å². The van der Waals surface area contributed by atoms with E-state index in [1.54, 1.807) is 67.6 Å². The fourth-order valence-electron chi connectivity index (χ4n) is 13.2. The maximum atomic E-state index is 14.6. The first-order chi connectivity index (χ1) is 36.1. The quantitative estimate of drug-likeness (QED) is 0.120. The second-order valence-electron chi connectivity index (χ2n) is 24.5. The van der Waals surface area contributed by atoms with Crippen molar-refractivity contribution >= 4 is 17.4 Å². The molecule has 0 aromatic heterocycles. The number of piperidine rings is 1. The van der Waals surface area contributed by atoms with Gasteiger partial charge in [-0.2, -0.15) is 0 Å². The minimum absolute atomic E-state index is 0.0657. The van der Waals surface area contributed by atoms with E-state index in [1.165, 1.54) is 32.4 Å². The van der Waals surface area contributed by atoms with Crippen molar-refractivity contribution in [1.82, 2.24) is 20.0 Å². The van der Waals surface area contributed by atoms with Gasteiger partial charge >= 0.3 is 5.97 Å². The van der Waals surface area contributed by atoms with E-state index in [1.807, 2.05) is 42.8 Å². The SMILES string of the molecule is CC[C@H]1OC(=O)[C@H](C)[C@@H](O[C@H]2CC(C)(OC)[C@@H](O)[C@H](C)O2)[C@H](C)[C@@H](O[C@@H]2O[C@H](C)C[C@H](N(C)CCC(=O)N[C@H](CF)[C@H](O)c3ccc(C4=CC5CCCC(C4)N5C)cc3)[C@H]2O)C(C)(O)C[C@@H](C)CN(C)[C@H](C)[C@@H](O)C1(C)O. The van der Waals surface area contributed by atoms with Crippen LogP contribution in [0.2, 0.25) is 0 Å². The average molecular weight is 1090 g/mol. The van der Waals surface area contributed by atoms with E-state index in [-0.39, 0.29) is 38.1 Å². The monoisotopic (exact) mass is 1090 g/mol. The summed E-state index contributed by atoms with van der Waals surface area (Å²) >= 11 is 0. The number of carbonyl (C=O) groups excluding carboxylic acids is 2. The summed E-state index contributed by atoms with van der Waals surface area (Å²) in [6.45, 7) is 16.8. The van der Waals surface area contributed by atoms with Gasteiger partial charge in [0.25, 0.3) is 0 Å². The van der Waals surface area contributed by atoms with Crippen LogP contribution in [0.1, 0.15) is 144 Å². The number of amides is 1. The number of aliphatic hydroxyl groups excluding tert-OH is 4. The van der Waals surface area contributed by atoms with Crippen LogP contribution in [-0.2, 0) is 38.0 Å². The van der Waals surface area contributed by atoms with Crippen LogP contribution in [0.3, 0.4) is 0 Å². The number of hydrogen-bond acceptors (Lipinski definition) is 17. The Morgan fingerprint density at radius 3 is 2.27 bits per heavy atom. The minimum Gasteiger partial charge on any atom is -0.459 e. The van der Waals surface area contributed by atoms with Gasteiger partial charge in [-0.1, -0.05) is 57.5 Å². The van der Waals surface area contributed by atoms with Crippen LogP contribution in [-0.4, -0.2) is 214 Å². The van der Waals surface area contributed by atoms with Gasteiger partial charge in [0, 0.05) is 63.1 Å². The van der Waals surface area contributed by atoms with E-state index in [4.69, 9.17) is 28.4 Å². The third-order valence-corrected chi connectivity index (χ3v) is 18.3. The standard InChI is InChI=1S/C58H97FN4O14/c1-15-45-58(10,71)51(67)36(6)62(12)31-32(2)28-56(8,70)53(34(4)50(35(5)54(69)75-45)76-47-29-57(9,72-14)52(68)37(7)74-47)77-55-49(66)44(25-33(3)73-55)61(11)24-23-46(64)60-43(30-59)48(65)39-21-19-38(20-22-39)40-26-41-17-16-18-42(27-40)63(41)13/h19-22,26,32-37,41-45,47-53,55,65-68,70-71H,15-18,23-25,27-31H2,1-14H3,(H,60,64)/t32-,33-,34+,35-,36-,37+,41?,42?,43-,44+,45-,47+,48-,49-,50+,51-,52+,53-,55+,56?,57?,58?/m1/s1. The number of carbonyl (C=O) groups is 2. The zero-order chi connectivity index (χ0) is 57.1. The third kappa shape index (κ3) is 14.7. The smallest absolute Gasteiger partial charge is 0.311 e. The first kappa shape index (κ1) is 63.5. The van der Waals surface area contributed by atoms with Gasteiger partial charge in [-0.3, -0.25) is 14.5 Å². The van der Waals surface area contributed by atoms with Crippen LogP contribution in [0.4, 0.5) is 4.39 Å². The average Bonchev–Trinajstić information content (AvgIpc) is 3.39.